The van der Waals surface area contributed by atoms with E-state index < -0.39 is 37.6 Å². The van der Waals surface area contributed by atoms with Crippen molar-refractivity contribution in [1.82, 2.24) is 18.5 Å². The van der Waals surface area contributed by atoms with Gasteiger partial charge in [0.15, 0.2) is 0 Å². The summed E-state index contributed by atoms with van der Waals surface area (Å²) in [6.45, 7) is 5.62. The molecule has 0 aromatic rings. The zero-order chi connectivity index (χ0) is 19.7. The smallest absolute Gasteiger partial charge is 0.481 e. The van der Waals surface area contributed by atoms with Gasteiger partial charge in [-0.25, -0.2) is 9.59 Å². The van der Waals surface area contributed by atoms with E-state index in [1.165, 1.54) is 0 Å². The average Bonchev–Trinajstić information content (AvgIpc) is 2.43. The summed E-state index contributed by atoms with van der Waals surface area (Å²) in [6, 6.07) is 0. The molecule has 0 saturated heterocycles. The number of ether oxygens (including phenoxy) is 2. The second-order valence-electron chi connectivity index (χ2n) is 3.87. The molecule has 14 nitrogen and oxygen atoms in total. The van der Waals surface area contributed by atoms with E-state index in [2.05, 4.69) is 4.74 Å². The molecule has 0 aliphatic rings. The van der Waals surface area contributed by atoms with E-state index in [0.717, 1.165) is 0 Å². The summed E-state index contributed by atoms with van der Waals surface area (Å²) in [5.74, 6) is -4.43. The third kappa shape index (κ3) is 40.0. The van der Waals surface area contributed by atoms with Crippen LogP contribution in [0.15, 0.2) is 0 Å². The van der Waals surface area contributed by atoms with Crippen molar-refractivity contribution in [1.29, 1.82) is 0 Å². The van der Waals surface area contributed by atoms with Gasteiger partial charge in [-0.3, -0.25) is 9.59 Å². The molecule has 15 heteroatoms. The molecule has 14 N–H and O–H groups in total. The highest BCUT2D eigenvalue weighted by molar-refractivity contribution is 6.30. The molecular weight excluding hydrogens is 373 g/mol. The summed E-state index contributed by atoms with van der Waals surface area (Å²) in [5.41, 5.74) is 0. The number of carbonyl (C=O) groups is 4. The van der Waals surface area contributed by atoms with Crippen LogP contribution in [0.1, 0.15) is 40.0 Å². The summed E-state index contributed by atoms with van der Waals surface area (Å²) in [5, 5.41) is 36.9. The van der Waals surface area contributed by atoms with E-state index in [9.17, 15) is 19.2 Å². The molecule has 0 aromatic heterocycles. The molecule has 0 radical (unpaired) electrons. The number of hydrogen-bond acceptors (Lipinski definition) is 12. The first kappa shape index (κ1) is 39.7. The Balaban J connectivity index is -0.0000000676. The Morgan fingerprint density at radius 3 is 1.33 bits per heavy atom. The van der Waals surface area contributed by atoms with E-state index in [-0.39, 0.29) is 31.2 Å². The number of carboxylic acids is 2. The quantitative estimate of drug-likeness (QED) is 0.117. The minimum Gasteiger partial charge on any atom is -0.481 e. The van der Waals surface area contributed by atoms with Crippen molar-refractivity contribution in [2.75, 3.05) is 6.61 Å². The average molecular weight is 405 g/mol. The SMILES string of the molecule is CCOC(=O)C(=O)OC(CC)CC.N.N.N.O=C(O)CC(=O)O.OB(O)O. The molecular formula is C12H32BN3O11. The van der Waals surface area contributed by atoms with Crippen LogP contribution in [-0.2, 0) is 28.7 Å². The monoisotopic (exact) mass is 405 g/mol. The third-order valence-corrected chi connectivity index (χ3v) is 1.93. The molecule has 164 valence electrons. The van der Waals surface area contributed by atoms with Gasteiger partial charge in [-0.05, 0) is 19.8 Å². The van der Waals surface area contributed by atoms with Gasteiger partial charge in [0.05, 0.1) is 6.61 Å². The normalized spacial score (nSPS) is 7.81. The Morgan fingerprint density at radius 1 is 0.815 bits per heavy atom. The fourth-order valence-electron chi connectivity index (χ4n) is 0.974. The van der Waals surface area contributed by atoms with Crippen LogP contribution in [0, 0.1) is 0 Å². The van der Waals surface area contributed by atoms with E-state index in [1.807, 2.05) is 13.8 Å². The predicted molar refractivity (Wildman–Crippen MR) is 94.5 cm³/mol. The molecule has 0 unspecified atom stereocenters. The Morgan fingerprint density at radius 2 is 1.15 bits per heavy atom. The molecule has 0 fully saturated rings. The van der Waals surface area contributed by atoms with Crippen molar-refractivity contribution in [3.8, 4) is 0 Å². The van der Waals surface area contributed by atoms with Gasteiger partial charge in [0.25, 0.3) is 0 Å². The van der Waals surface area contributed by atoms with Crippen LogP contribution < -0.4 is 18.5 Å². The highest BCUT2D eigenvalue weighted by Crippen LogP contribution is 2.03. The maximum Gasteiger partial charge on any atom is 0.631 e. The zero-order valence-electron chi connectivity index (χ0n) is 15.8. The number of esters is 2. The highest BCUT2D eigenvalue weighted by Gasteiger charge is 2.19. The summed E-state index contributed by atoms with van der Waals surface area (Å²) in [7, 11) is -2.17. The summed E-state index contributed by atoms with van der Waals surface area (Å²) < 4.78 is 9.33. The Hall–Kier alpha value is -2.30. The van der Waals surface area contributed by atoms with E-state index in [1.54, 1.807) is 6.92 Å². The van der Waals surface area contributed by atoms with Crippen molar-refractivity contribution < 1.29 is 53.9 Å². The number of carbonyl (C=O) groups excluding carboxylic acids is 2. The second kappa shape index (κ2) is 25.9. The Labute approximate surface area is 157 Å². The lowest BCUT2D eigenvalue weighted by Crippen LogP contribution is -2.25. The third-order valence-electron chi connectivity index (χ3n) is 1.93. The van der Waals surface area contributed by atoms with E-state index >= 15 is 0 Å². The van der Waals surface area contributed by atoms with Crippen LogP contribution in [0.25, 0.3) is 0 Å². The zero-order valence-corrected chi connectivity index (χ0v) is 15.8. The van der Waals surface area contributed by atoms with Crippen LogP contribution in [0.3, 0.4) is 0 Å². The number of carboxylic acid groups (broad SMARTS) is 2. The lowest BCUT2D eigenvalue weighted by molar-refractivity contribution is -0.170. The van der Waals surface area contributed by atoms with Gasteiger partial charge in [-0.2, -0.15) is 0 Å². The molecule has 0 aliphatic carbocycles. The largest absolute Gasteiger partial charge is 0.631 e. The van der Waals surface area contributed by atoms with Crippen LogP contribution in [0.2, 0.25) is 0 Å². The molecule has 0 bridgehead atoms. The van der Waals surface area contributed by atoms with Gasteiger partial charge >= 0.3 is 31.2 Å². The van der Waals surface area contributed by atoms with Gasteiger partial charge in [0.2, 0.25) is 0 Å². The van der Waals surface area contributed by atoms with Crippen LogP contribution in [-0.4, -0.2) is 69.2 Å². The molecule has 27 heavy (non-hydrogen) atoms. The number of hydrogen-bond donors (Lipinski definition) is 8. The second-order valence-corrected chi connectivity index (χ2v) is 3.87. The molecule has 0 atom stereocenters. The van der Waals surface area contributed by atoms with Gasteiger partial charge in [-0.15, -0.1) is 0 Å². The first-order valence-corrected chi connectivity index (χ1v) is 6.87. The summed E-state index contributed by atoms with van der Waals surface area (Å²) in [4.78, 5) is 40.6. The molecule has 0 aliphatic heterocycles. The van der Waals surface area contributed by atoms with Crippen LogP contribution in [0.4, 0.5) is 0 Å². The molecule has 0 heterocycles. The van der Waals surface area contributed by atoms with Crippen LogP contribution >= 0.6 is 0 Å². The van der Waals surface area contributed by atoms with Gasteiger partial charge in [0, 0.05) is 0 Å². The standard InChI is InChI=1S/C9H16O4.C3H4O4.BH3O3.3H3N/c1-4-7(5-2)13-9(11)8(10)12-6-3;4-2(5)1-3(6)7;2-1(3)4;;;/h7H,4-6H2,1-3H3;1H2,(H,4,5)(H,6,7);2-4H;3*1H3. The minimum absolute atomic E-state index is 0. The first-order valence-electron chi connectivity index (χ1n) is 6.87. The van der Waals surface area contributed by atoms with Crippen molar-refractivity contribution in [2.24, 2.45) is 0 Å². The predicted octanol–water partition coefficient (Wildman–Crippen LogP) is -0.739. The molecule has 0 saturated carbocycles. The Kier molecular flexibility index (Phi) is 38.1. The van der Waals surface area contributed by atoms with E-state index in [0.29, 0.717) is 12.8 Å². The first-order chi connectivity index (χ1) is 11.0. The van der Waals surface area contributed by atoms with Gasteiger partial charge < -0.3 is 53.2 Å². The molecule has 0 spiro atoms. The molecule has 0 aromatic carbocycles. The van der Waals surface area contributed by atoms with E-state index in [4.69, 9.17) is 30.0 Å². The lowest BCUT2D eigenvalue weighted by atomic mass is 10.2. The Bertz CT molecular complexity index is 378. The van der Waals surface area contributed by atoms with Gasteiger partial charge in [-0.1, -0.05) is 13.8 Å². The maximum absolute atomic E-state index is 11.0. The highest BCUT2D eigenvalue weighted by atomic mass is 16.6. The maximum atomic E-state index is 11.0. The van der Waals surface area contributed by atoms with Crippen molar-refractivity contribution in [2.45, 2.75) is 46.1 Å². The van der Waals surface area contributed by atoms with Gasteiger partial charge in [0.1, 0.15) is 12.5 Å². The van der Waals surface area contributed by atoms with Crippen LogP contribution in [0.5, 0.6) is 0 Å². The summed E-state index contributed by atoms with van der Waals surface area (Å²) >= 11 is 0. The van der Waals surface area contributed by atoms with Crippen molar-refractivity contribution in [3.05, 3.63) is 0 Å². The number of rotatable bonds is 6. The fourth-order valence-corrected chi connectivity index (χ4v) is 0.974. The molecule has 0 rings (SSSR count). The lowest BCUT2D eigenvalue weighted by Gasteiger charge is -2.12. The number of aliphatic carboxylic acids is 2. The van der Waals surface area contributed by atoms with Crippen molar-refractivity contribution in [3.63, 3.8) is 0 Å². The minimum atomic E-state index is -2.17. The topological polar surface area (TPSA) is 293 Å². The van der Waals surface area contributed by atoms with Crippen molar-refractivity contribution >= 4 is 31.2 Å². The summed E-state index contributed by atoms with van der Waals surface area (Å²) in [6.07, 6.45) is 0.431. The fraction of sp³-hybridized carbons (Fsp3) is 0.667. The molecule has 0 amide bonds.